The van der Waals surface area contributed by atoms with Gasteiger partial charge in [-0.05, 0) is 30.9 Å². The van der Waals surface area contributed by atoms with Crippen molar-refractivity contribution in [3.05, 3.63) is 42.2 Å². The minimum atomic E-state index is -0.901. The zero-order valence-electron chi connectivity index (χ0n) is 9.91. The van der Waals surface area contributed by atoms with Crippen LogP contribution in [0.5, 0.6) is 0 Å². The molecule has 3 rings (SSSR count). The molecule has 0 unspecified atom stereocenters. The van der Waals surface area contributed by atoms with Gasteiger partial charge in [0.2, 0.25) is 0 Å². The molecule has 1 fully saturated rings. The number of hydrogen-bond acceptors (Lipinski definition) is 2. The van der Waals surface area contributed by atoms with Gasteiger partial charge in [0.1, 0.15) is 0 Å². The molecule has 0 amide bonds. The highest BCUT2D eigenvalue weighted by Gasteiger charge is 2.21. The van der Waals surface area contributed by atoms with Crippen molar-refractivity contribution in [2.24, 2.45) is 0 Å². The van der Waals surface area contributed by atoms with Gasteiger partial charge in [0.25, 0.3) is 0 Å². The highest BCUT2D eigenvalue weighted by molar-refractivity contribution is 5.95. The van der Waals surface area contributed by atoms with E-state index in [-0.39, 0.29) is 0 Å². The summed E-state index contributed by atoms with van der Waals surface area (Å²) in [5.74, 6) is -0.901. The SMILES string of the molecule is O=C(O)c1ccccc1-c1cnn(C2CCC2)c1. The average molecular weight is 242 g/mol. The normalized spacial score (nSPS) is 15.3. The molecule has 1 aromatic heterocycles. The van der Waals surface area contributed by atoms with E-state index in [1.54, 1.807) is 18.3 Å². The van der Waals surface area contributed by atoms with Crippen molar-refractivity contribution < 1.29 is 9.90 Å². The Labute approximate surface area is 105 Å². The van der Waals surface area contributed by atoms with Gasteiger partial charge in [-0.2, -0.15) is 5.10 Å². The summed E-state index contributed by atoms with van der Waals surface area (Å²) in [6.45, 7) is 0. The van der Waals surface area contributed by atoms with Crippen molar-refractivity contribution in [2.75, 3.05) is 0 Å². The molecule has 4 nitrogen and oxygen atoms in total. The largest absolute Gasteiger partial charge is 0.478 e. The van der Waals surface area contributed by atoms with E-state index in [9.17, 15) is 9.90 Å². The average Bonchev–Trinajstić information content (AvgIpc) is 2.76. The van der Waals surface area contributed by atoms with Gasteiger partial charge in [-0.1, -0.05) is 18.2 Å². The molecule has 0 bridgehead atoms. The van der Waals surface area contributed by atoms with E-state index in [0.717, 1.165) is 11.1 Å². The Morgan fingerprint density at radius 1 is 1.33 bits per heavy atom. The summed E-state index contributed by atoms with van der Waals surface area (Å²) in [6.07, 6.45) is 7.29. The van der Waals surface area contributed by atoms with E-state index in [1.165, 1.54) is 19.3 Å². The monoisotopic (exact) mass is 242 g/mol. The van der Waals surface area contributed by atoms with Gasteiger partial charge in [-0.25, -0.2) is 4.79 Å². The summed E-state index contributed by atoms with van der Waals surface area (Å²) in [7, 11) is 0. The maximum absolute atomic E-state index is 11.2. The molecule has 1 aliphatic rings. The lowest BCUT2D eigenvalue weighted by atomic mass is 9.93. The summed E-state index contributed by atoms with van der Waals surface area (Å²) < 4.78 is 1.96. The van der Waals surface area contributed by atoms with Crippen LogP contribution < -0.4 is 0 Å². The van der Waals surface area contributed by atoms with Gasteiger partial charge >= 0.3 is 5.97 Å². The lowest BCUT2D eigenvalue weighted by Crippen LogP contribution is -2.16. The van der Waals surface area contributed by atoms with Crippen LogP contribution >= 0.6 is 0 Å². The third-order valence-electron chi connectivity index (χ3n) is 3.52. The molecule has 0 radical (unpaired) electrons. The summed E-state index contributed by atoms with van der Waals surface area (Å²) in [5, 5.41) is 13.5. The lowest BCUT2D eigenvalue weighted by molar-refractivity contribution is 0.0697. The number of carboxylic acid groups (broad SMARTS) is 1. The summed E-state index contributed by atoms with van der Waals surface area (Å²) in [5.41, 5.74) is 1.93. The number of aromatic nitrogens is 2. The highest BCUT2D eigenvalue weighted by Crippen LogP contribution is 2.32. The highest BCUT2D eigenvalue weighted by atomic mass is 16.4. The van der Waals surface area contributed by atoms with Crippen molar-refractivity contribution in [3.63, 3.8) is 0 Å². The molecular weight excluding hydrogens is 228 g/mol. The molecule has 1 aliphatic carbocycles. The van der Waals surface area contributed by atoms with Crippen molar-refractivity contribution in [2.45, 2.75) is 25.3 Å². The van der Waals surface area contributed by atoms with E-state index in [0.29, 0.717) is 11.6 Å². The van der Waals surface area contributed by atoms with Crippen molar-refractivity contribution >= 4 is 5.97 Å². The first-order chi connectivity index (χ1) is 8.75. The van der Waals surface area contributed by atoms with Gasteiger partial charge in [0.05, 0.1) is 17.8 Å². The maximum atomic E-state index is 11.2. The number of carboxylic acids is 1. The van der Waals surface area contributed by atoms with E-state index in [2.05, 4.69) is 5.10 Å². The number of rotatable bonds is 3. The van der Waals surface area contributed by atoms with E-state index < -0.39 is 5.97 Å². The number of benzene rings is 1. The second-order valence-corrected chi connectivity index (χ2v) is 4.64. The second kappa shape index (κ2) is 4.29. The molecule has 0 aliphatic heterocycles. The molecule has 0 atom stereocenters. The fraction of sp³-hybridized carbons (Fsp3) is 0.286. The minimum absolute atomic E-state index is 0.325. The Hall–Kier alpha value is -2.10. The van der Waals surface area contributed by atoms with Crippen molar-refractivity contribution in [1.82, 2.24) is 9.78 Å². The summed E-state index contributed by atoms with van der Waals surface area (Å²) in [6, 6.07) is 7.53. The summed E-state index contributed by atoms with van der Waals surface area (Å²) in [4.78, 5) is 11.2. The van der Waals surface area contributed by atoms with Gasteiger partial charge in [0, 0.05) is 11.8 Å². The molecule has 0 saturated heterocycles. The van der Waals surface area contributed by atoms with E-state index in [1.807, 2.05) is 23.0 Å². The van der Waals surface area contributed by atoms with Crippen LogP contribution in [0.1, 0.15) is 35.7 Å². The fourth-order valence-electron chi connectivity index (χ4n) is 2.25. The zero-order valence-corrected chi connectivity index (χ0v) is 9.91. The first-order valence-corrected chi connectivity index (χ1v) is 6.12. The minimum Gasteiger partial charge on any atom is -0.478 e. The predicted octanol–water partition coefficient (Wildman–Crippen LogP) is 2.97. The van der Waals surface area contributed by atoms with E-state index in [4.69, 9.17) is 0 Å². The van der Waals surface area contributed by atoms with Crippen LogP contribution in [-0.4, -0.2) is 20.9 Å². The molecule has 2 aromatic rings. The Bertz CT molecular complexity index is 585. The predicted molar refractivity (Wildman–Crippen MR) is 67.5 cm³/mol. The van der Waals surface area contributed by atoms with Gasteiger partial charge in [-0.3, -0.25) is 4.68 Å². The molecular formula is C14H14N2O2. The molecule has 18 heavy (non-hydrogen) atoms. The van der Waals surface area contributed by atoms with E-state index >= 15 is 0 Å². The Kier molecular flexibility index (Phi) is 2.63. The topological polar surface area (TPSA) is 55.1 Å². The van der Waals surface area contributed by atoms with Crippen LogP contribution in [0.15, 0.2) is 36.7 Å². The second-order valence-electron chi connectivity index (χ2n) is 4.64. The van der Waals surface area contributed by atoms with Crippen LogP contribution in [-0.2, 0) is 0 Å². The Morgan fingerprint density at radius 2 is 2.11 bits per heavy atom. The first-order valence-electron chi connectivity index (χ1n) is 6.12. The lowest BCUT2D eigenvalue weighted by Gasteiger charge is -2.25. The van der Waals surface area contributed by atoms with Crippen LogP contribution in [0.25, 0.3) is 11.1 Å². The van der Waals surface area contributed by atoms with Gasteiger partial charge < -0.3 is 5.11 Å². The van der Waals surface area contributed by atoms with Crippen molar-refractivity contribution in [1.29, 1.82) is 0 Å². The number of aromatic carboxylic acids is 1. The number of nitrogens with zero attached hydrogens (tertiary/aromatic N) is 2. The molecule has 1 saturated carbocycles. The van der Waals surface area contributed by atoms with Crippen molar-refractivity contribution in [3.8, 4) is 11.1 Å². The van der Waals surface area contributed by atoms with Crippen LogP contribution in [0, 0.1) is 0 Å². The van der Waals surface area contributed by atoms with Crippen LogP contribution in [0.3, 0.4) is 0 Å². The third-order valence-corrected chi connectivity index (χ3v) is 3.52. The first kappa shape index (κ1) is 11.0. The number of hydrogen-bond donors (Lipinski definition) is 1. The zero-order chi connectivity index (χ0) is 12.5. The quantitative estimate of drug-likeness (QED) is 0.900. The van der Waals surface area contributed by atoms with Gasteiger partial charge in [0.15, 0.2) is 0 Å². The third kappa shape index (κ3) is 1.79. The molecule has 4 heteroatoms. The van der Waals surface area contributed by atoms with Crippen LogP contribution in [0.4, 0.5) is 0 Å². The Morgan fingerprint density at radius 3 is 2.78 bits per heavy atom. The number of carbonyl (C=O) groups is 1. The standard InChI is InChI=1S/C14H14N2O2/c17-14(18)13-7-2-1-6-12(13)10-8-15-16(9-10)11-4-3-5-11/h1-2,6-9,11H,3-5H2,(H,17,18). The molecule has 1 aromatic carbocycles. The molecule has 0 spiro atoms. The van der Waals surface area contributed by atoms with Crippen LogP contribution in [0.2, 0.25) is 0 Å². The molecule has 1 N–H and O–H groups in total. The molecule has 92 valence electrons. The fourth-order valence-corrected chi connectivity index (χ4v) is 2.25. The Balaban J connectivity index is 1.99. The smallest absolute Gasteiger partial charge is 0.336 e. The maximum Gasteiger partial charge on any atom is 0.336 e. The summed E-state index contributed by atoms with van der Waals surface area (Å²) >= 11 is 0. The molecule has 1 heterocycles. The van der Waals surface area contributed by atoms with Gasteiger partial charge in [-0.15, -0.1) is 0 Å².